The number of hydrogen-bond donors (Lipinski definition) is 1. The van der Waals surface area contributed by atoms with Gasteiger partial charge in [-0.3, -0.25) is 0 Å². The second kappa shape index (κ2) is 5.53. The molecule has 5 saturated carbocycles. The van der Waals surface area contributed by atoms with E-state index in [1.54, 1.807) is 0 Å². The second-order valence-electron chi connectivity index (χ2n) is 9.04. The summed E-state index contributed by atoms with van der Waals surface area (Å²) in [6.07, 6.45) is 13.4. The summed E-state index contributed by atoms with van der Waals surface area (Å²) >= 11 is 0. The summed E-state index contributed by atoms with van der Waals surface area (Å²) < 4.78 is 0. The van der Waals surface area contributed by atoms with E-state index in [0.29, 0.717) is 11.5 Å². The Hall–Kier alpha value is -0.0800. The molecule has 0 aromatic carbocycles. The SMILES string of the molecule is CCN(CC1CCC1)CC(N)C12CC3CC(CC(C3)C1)C2. The van der Waals surface area contributed by atoms with E-state index in [4.69, 9.17) is 5.73 Å². The van der Waals surface area contributed by atoms with Crippen LogP contribution in [0.25, 0.3) is 0 Å². The highest BCUT2D eigenvalue weighted by atomic mass is 15.1. The third kappa shape index (κ3) is 2.67. The third-order valence-electron chi connectivity index (χ3n) is 7.52. The van der Waals surface area contributed by atoms with Gasteiger partial charge in [-0.25, -0.2) is 0 Å². The molecular weight excluding hydrogens is 256 g/mol. The van der Waals surface area contributed by atoms with E-state index in [-0.39, 0.29) is 0 Å². The van der Waals surface area contributed by atoms with Crippen molar-refractivity contribution in [1.82, 2.24) is 4.90 Å². The van der Waals surface area contributed by atoms with Gasteiger partial charge in [0, 0.05) is 19.1 Å². The minimum atomic E-state index is 0.436. The summed E-state index contributed by atoms with van der Waals surface area (Å²) in [4.78, 5) is 2.67. The first-order chi connectivity index (χ1) is 10.2. The minimum absolute atomic E-state index is 0.436. The van der Waals surface area contributed by atoms with E-state index in [9.17, 15) is 0 Å². The zero-order valence-corrected chi connectivity index (χ0v) is 13.9. The molecule has 4 bridgehead atoms. The van der Waals surface area contributed by atoms with Crippen LogP contribution in [0.4, 0.5) is 0 Å². The minimum Gasteiger partial charge on any atom is -0.326 e. The molecule has 5 aliphatic rings. The Labute approximate surface area is 130 Å². The zero-order chi connectivity index (χ0) is 14.4. The predicted octanol–water partition coefficient (Wildman–Crippen LogP) is 3.65. The highest BCUT2D eigenvalue weighted by Gasteiger charge is 2.53. The van der Waals surface area contributed by atoms with E-state index < -0.39 is 0 Å². The monoisotopic (exact) mass is 290 g/mol. The Bertz CT molecular complexity index is 338. The molecule has 21 heavy (non-hydrogen) atoms. The van der Waals surface area contributed by atoms with Crippen molar-refractivity contribution in [3.63, 3.8) is 0 Å². The van der Waals surface area contributed by atoms with Crippen LogP contribution in [-0.4, -0.2) is 30.6 Å². The lowest BCUT2D eigenvalue weighted by Crippen LogP contribution is -2.58. The first-order valence-electron chi connectivity index (χ1n) is 9.65. The molecule has 0 heterocycles. The standard InChI is InChI=1S/C19H34N2/c1-2-21(12-14-4-3-5-14)13-18(20)19-9-15-6-16(10-19)8-17(7-15)11-19/h14-18H,2-13,20H2,1H3. The summed E-state index contributed by atoms with van der Waals surface area (Å²) in [5.41, 5.74) is 7.37. The fourth-order valence-electron chi connectivity index (χ4n) is 6.48. The fourth-order valence-corrected chi connectivity index (χ4v) is 6.48. The van der Waals surface area contributed by atoms with Crippen LogP contribution >= 0.6 is 0 Å². The lowest BCUT2D eigenvalue weighted by molar-refractivity contribution is -0.0720. The predicted molar refractivity (Wildman–Crippen MR) is 88.0 cm³/mol. The van der Waals surface area contributed by atoms with Crippen molar-refractivity contribution in [2.75, 3.05) is 19.6 Å². The molecule has 120 valence electrons. The first kappa shape index (κ1) is 14.5. The van der Waals surface area contributed by atoms with Gasteiger partial charge in [0.2, 0.25) is 0 Å². The molecule has 2 heteroatoms. The van der Waals surface area contributed by atoms with Gasteiger partial charge in [0.1, 0.15) is 0 Å². The molecule has 0 spiro atoms. The van der Waals surface area contributed by atoms with Gasteiger partial charge in [0.05, 0.1) is 0 Å². The molecule has 5 aliphatic carbocycles. The number of hydrogen-bond acceptors (Lipinski definition) is 2. The fraction of sp³-hybridized carbons (Fsp3) is 1.00. The topological polar surface area (TPSA) is 29.3 Å². The van der Waals surface area contributed by atoms with Gasteiger partial charge in [-0.1, -0.05) is 13.3 Å². The van der Waals surface area contributed by atoms with Crippen molar-refractivity contribution >= 4 is 0 Å². The van der Waals surface area contributed by atoms with Gasteiger partial charge in [-0.2, -0.15) is 0 Å². The van der Waals surface area contributed by atoms with Crippen LogP contribution in [-0.2, 0) is 0 Å². The molecule has 2 nitrogen and oxygen atoms in total. The van der Waals surface area contributed by atoms with E-state index in [2.05, 4.69) is 11.8 Å². The Balaban J connectivity index is 1.40. The molecule has 1 unspecified atom stereocenters. The highest BCUT2D eigenvalue weighted by Crippen LogP contribution is 2.61. The van der Waals surface area contributed by atoms with Crippen molar-refractivity contribution in [3.05, 3.63) is 0 Å². The largest absolute Gasteiger partial charge is 0.326 e. The molecule has 1 atom stereocenters. The maximum absolute atomic E-state index is 6.84. The number of likely N-dealkylation sites (N-methyl/N-ethyl adjacent to an activating group) is 1. The van der Waals surface area contributed by atoms with Crippen LogP contribution in [0.15, 0.2) is 0 Å². The average molecular weight is 290 g/mol. The molecule has 2 N–H and O–H groups in total. The molecule has 0 saturated heterocycles. The number of rotatable bonds is 6. The van der Waals surface area contributed by atoms with Crippen molar-refractivity contribution in [3.8, 4) is 0 Å². The zero-order valence-electron chi connectivity index (χ0n) is 13.9. The summed E-state index contributed by atoms with van der Waals surface area (Å²) in [6.45, 7) is 6.00. The molecule has 0 radical (unpaired) electrons. The van der Waals surface area contributed by atoms with Crippen molar-refractivity contribution in [2.45, 2.75) is 70.8 Å². The maximum Gasteiger partial charge on any atom is 0.0225 e. The number of nitrogens with zero attached hydrogens (tertiary/aromatic N) is 1. The summed E-state index contributed by atoms with van der Waals surface area (Å²) in [5, 5.41) is 0. The average Bonchev–Trinajstić information content (AvgIpc) is 2.39. The normalized spacial score (nSPS) is 43.3. The molecular formula is C19H34N2. The van der Waals surface area contributed by atoms with E-state index in [0.717, 1.165) is 23.7 Å². The smallest absolute Gasteiger partial charge is 0.0225 e. The van der Waals surface area contributed by atoms with E-state index in [1.165, 1.54) is 77.4 Å². The van der Waals surface area contributed by atoms with Gasteiger partial charge in [-0.05, 0) is 87.0 Å². The molecule has 0 amide bonds. The van der Waals surface area contributed by atoms with Crippen LogP contribution in [0, 0.1) is 29.1 Å². The number of nitrogens with two attached hydrogens (primary N) is 1. The van der Waals surface area contributed by atoms with Gasteiger partial charge < -0.3 is 10.6 Å². The Morgan fingerprint density at radius 2 is 1.62 bits per heavy atom. The lowest BCUT2D eigenvalue weighted by Gasteiger charge is -2.59. The van der Waals surface area contributed by atoms with Gasteiger partial charge in [-0.15, -0.1) is 0 Å². The molecule has 5 rings (SSSR count). The molecule has 0 aliphatic heterocycles. The van der Waals surface area contributed by atoms with Gasteiger partial charge in [0.15, 0.2) is 0 Å². The quantitative estimate of drug-likeness (QED) is 0.809. The van der Waals surface area contributed by atoms with Crippen molar-refractivity contribution in [2.24, 2.45) is 34.8 Å². The van der Waals surface area contributed by atoms with Crippen molar-refractivity contribution < 1.29 is 0 Å². The van der Waals surface area contributed by atoms with Crippen LogP contribution in [0.5, 0.6) is 0 Å². The summed E-state index contributed by atoms with van der Waals surface area (Å²) in [6, 6.07) is 0.436. The maximum atomic E-state index is 6.84. The van der Waals surface area contributed by atoms with E-state index >= 15 is 0 Å². The molecule has 0 aromatic rings. The Kier molecular flexibility index (Phi) is 3.82. The summed E-state index contributed by atoms with van der Waals surface area (Å²) in [7, 11) is 0. The Morgan fingerprint density at radius 1 is 1.05 bits per heavy atom. The van der Waals surface area contributed by atoms with Crippen LogP contribution < -0.4 is 5.73 Å². The highest BCUT2D eigenvalue weighted by molar-refractivity contribution is 5.06. The Morgan fingerprint density at radius 3 is 2.05 bits per heavy atom. The third-order valence-corrected chi connectivity index (χ3v) is 7.52. The second-order valence-corrected chi connectivity index (χ2v) is 9.04. The lowest BCUT2D eigenvalue weighted by atomic mass is 9.48. The molecule has 5 fully saturated rings. The van der Waals surface area contributed by atoms with E-state index in [1.807, 2.05) is 0 Å². The first-order valence-corrected chi connectivity index (χ1v) is 9.65. The van der Waals surface area contributed by atoms with Gasteiger partial charge in [0.25, 0.3) is 0 Å². The molecule has 0 aromatic heterocycles. The van der Waals surface area contributed by atoms with Crippen LogP contribution in [0.3, 0.4) is 0 Å². The summed E-state index contributed by atoms with van der Waals surface area (Å²) in [5.74, 6) is 4.07. The van der Waals surface area contributed by atoms with Crippen LogP contribution in [0.1, 0.15) is 64.7 Å². The van der Waals surface area contributed by atoms with Crippen LogP contribution in [0.2, 0.25) is 0 Å². The van der Waals surface area contributed by atoms with Crippen molar-refractivity contribution in [1.29, 1.82) is 0 Å². The van der Waals surface area contributed by atoms with Gasteiger partial charge >= 0.3 is 0 Å².